The van der Waals surface area contributed by atoms with Gasteiger partial charge in [0.15, 0.2) is 11.6 Å². The van der Waals surface area contributed by atoms with Gasteiger partial charge in [0.25, 0.3) is 0 Å². The summed E-state index contributed by atoms with van der Waals surface area (Å²) >= 11 is 1.86. The van der Waals surface area contributed by atoms with Crippen LogP contribution in [-0.2, 0) is 5.41 Å². The summed E-state index contributed by atoms with van der Waals surface area (Å²) in [4.78, 5) is 18.7. The van der Waals surface area contributed by atoms with Crippen molar-refractivity contribution in [3.8, 4) is 22.8 Å². The number of hydrogen-bond acceptors (Lipinski definition) is 5. The molecule has 0 unspecified atom stereocenters. The Bertz CT molecular complexity index is 1700. The summed E-state index contributed by atoms with van der Waals surface area (Å²) in [5, 5.41) is 1.22. The topological polar surface area (TPSA) is 41.9 Å². The van der Waals surface area contributed by atoms with Gasteiger partial charge in [-0.15, -0.1) is 11.3 Å². The van der Waals surface area contributed by atoms with Gasteiger partial charge in [-0.25, -0.2) is 4.98 Å². The van der Waals surface area contributed by atoms with E-state index >= 15 is 0 Å². The van der Waals surface area contributed by atoms with Crippen molar-refractivity contribution in [1.29, 1.82) is 0 Å². The maximum absolute atomic E-state index is 5.09. The smallest absolute Gasteiger partial charge is 0.238 e. The fraction of sp³-hybridized carbons (Fsp3) is 0.0938. The van der Waals surface area contributed by atoms with Crippen LogP contribution in [-0.4, -0.2) is 15.0 Å². The number of fused-ring (bicyclic) bond motifs is 4. The van der Waals surface area contributed by atoms with E-state index in [1.165, 1.54) is 20.5 Å². The third kappa shape index (κ3) is 3.46. The van der Waals surface area contributed by atoms with Gasteiger partial charge in [0.05, 0.1) is 11.4 Å². The third-order valence-corrected chi connectivity index (χ3v) is 8.55. The Morgan fingerprint density at radius 1 is 0.622 bits per heavy atom. The molecule has 7 rings (SSSR count). The molecule has 0 N–H and O–H groups in total. The summed E-state index contributed by atoms with van der Waals surface area (Å²) < 4.78 is 1.26. The van der Waals surface area contributed by atoms with E-state index in [-0.39, 0.29) is 5.41 Å². The monoisotopic (exact) mass is 496 g/mol. The molecular weight excluding hydrogens is 472 g/mol. The zero-order valence-corrected chi connectivity index (χ0v) is 21.4. The first kappa shape index (κ1) is 21.9. The number of aromatic nitrogens is 3. The zero-order valence-electron chi connectivity index (χ0n) is 20.6. The van der Waals surface area contributed by atoms with Crippen LogP contribution in [0.1, 0.15) is 24.3 Å². The Morgan fingerprint density at radius 2 is 1.19 bits per heavy atom. The molecule has 1 aliphatic rings. The Kier molecular flexibility index (Phi) is 4.94. The van der Waals surface area contributed by atoms with Gasteiger partial charge in [-0.2, -0.15) is 9.97 Å². The fourth-order valence-corrected chi connectivity index (χ4v) is 6.53. The van der Waals surface area contributed by atoms with E-state index in [1.807, 2.05) is 72.0 Å². The fourth-order valence-electron chi connectivity index (χ4n) is 5.22. The highest BCUT2D eigenvalue weighted by Crippen LogP contribution is 2.56. The van der Waals surface area contributed by atoms with E-state index in [9.17, 15) is 0 Å². The van der Waals surface area contributed by atoms with Crippen LogP contribution in [0.4, 0.5) is 17.3 Å². The van der Waals surface area contributed by atoms with E-state index in [1.54, 1.807) is 0 Å². The molecule has 0 fully saturated rings. The van der Waals surface area contributed by atoms with E-state index in [4.69, 9.17) is 15.0 Å². The van der Waals surface area contributed by atoms with Gasteiger partial charge in [-0.3, -0.25) is 4.90 Å². The molecule has 2 aromatic heterocycles. The first-order valence-electron chi connectivity index (χ1n) is 12.4. The number of thiophene rings is 1. The molecule has 5 heteroatoms. The molecule has 0 aliphatic carbocycles. The van der Waals surface area contributed by atoms with Crippen molar-refractivity contribution in [2.45, 2.75) is 19.3 Å². The quantitative estimate of drug-likeness (QED) is 0.246. The zero-order chi connectivity index (χ0) is 25.0. The number of para-hydroxylation sites is 1. The molecule has 0 radical (unpaired) electrons. The van der Waals surface area contributed by atoms with Crippen molar-refractivity contribution in [3.63, 3.8) is 0 Å². The Hall–Kier alpha value is -4.35. The second-order valence-electron chi connectivity index (χ2n) is 9.77. The van der Waals surface area contributed by atoms with Crippen molar-refractivity contribution in [1.82, 2.24) is 15.0 Å². The number of nitrogens with zero attached hydrogens (tertiary/aromatic N) is 4. The van der Waals surface area contributed by atoms with Crippen LogP contribution < -0.4 is 4.90 Å². The molecule has 37 heavy (non-hydrogen) atoms. The highest BCUT2D eigenvalue weighted by atomic mass is 32.1. The molecule has 0 spiro atoms. The molecule has 0 saturated heterocycles. The largest absolute Gasteiger partial charge is 0.277 e. The molecule has 0 atom stereocenters. The summed E-state index contributed by atoms with van der Waals surface area (Å²) in [5.74, 6) is 1.95. The highest BCUT2D eigenvalue weighted by Gasteiger charge is 2.40. The third-order valence-electron chi connectivity index (χ3n) is 7.07. The molecule has 6 aromatic rings. The summed E-state index contributed by atoms with van der Waals surface area (Å²) in [5.41, 5.74) is 5.30. The van der Waals surface area contributed by atoms with Crippen LogP contribution >= 0.6 is 11.3 Å². The van der Waals surface area contributed by atoms with Gasteiger partial charge >= 0.3 is 0 Å². The standard InChI is InChI=1S/C32H24N4S/c1-32(2)24-18-10-11-19-25(24)36(27-23-17-9-12-20-26(23)37-28(27)32)31-34-29(21-13-5-3-6-14-21)33-30(35-31)22-15-7-4-8-16-22/h3-20H,1-2H3. The predicted molar refractivity (Wildman–Crippen MR) is 153 cm³/mol. The Balaban J connectivity index is 1.56. The lowest BCUT2D eigenvalue weighted by Crippen LogP contribution is -2.30. The number of hydrogen-bond donors (Lipinski definition) is 0. The van der Waals surface area contributed by atoms with E-state index in [2.05, 4.69) is 67.3 Å². The van der Waals surface area contributed by atoms with Crippen LogP contribution in [0, 0.1) is 0 Å². The number of rotatable bonds is 3. The van der Waals surface area contributed by atoms with Crippen LogP contribution in [0.3, 0.4) is 0 Å². The molecule has 3 heterocycles. The van der Waals surface area contributed by atoms with Gasteiger partial charge in [0.2, 0.25) is 5.95 Å². The minimum absolute atomic E-state index is 0.149. The van der Waals surface area contributed by atoms with Gasteiger partial charge in [-0.1, -0.05) is 111 Å². The maximum atomic E-state index is 5.09. The van der Waals surface area contributed by atoms with Gasteiger partial charge in [0, 0.05) is 31.5 Å². The SMILES string of the molecule is CC1(C)c2ccccc2N(c2nc(-c3ccccc3)nc(-c3ccccc3)n2)c2c1sc1ccccc21. The Labute approximate surface area is 219 Å². The lowest BCUT2D eigenvalue weighted by molar-refractivity contribution is 0.646. The molecule has 0 saturated carbocycles. The van der Waals surface area contributed by atoms with Crippen molar-refractivity contribution >= 4 is 38.7 Å². The lowest BCUT2D eigenvalue weighted by Gasteiger charge is -2.39. The van der Waals surface area contributed by atoms with E-state index in [0.717, 1.165) is 22.5 Å². The molecular formula is C32H24N4S. The lowest BCUT2D eigenvalue weighted by atomic mass is 9.78. The second-order valence-corrected chi connectivity index (χ2v) is 10.8. The average molecular weight is 497 g/mol. The van der Waals surface area contributed by atoms with Crippen LogP contribution in [0.5, 0.6) is 0 Å². The molecule has 0 amide bonds. The van der Waals surface area contributed by atoms with E-state index in [0.29, 0.717) is 17.6 Å². The molecule has 178 valence electrons. The highest BCUT2D eigenvalue weighted by molar-refractivity contribution is 7.20. The molecule has 4 nitrogen and oxygen atoms in total. The molecule has 1 aliphatic heterocycles. The maximum Gasteiger partial charge on any atom is 0.238 e. The summed E-state index contributed by atoms with van der Waals surface area (Å²) in [6.45, 7) is 4.63. The van der Waals surface area contributed by atoms with Gasteiger partial charge < -0.3 is 0 Å². The van der Waals surface area contributed by atoms with Crippen LogP contribution in [0.15, 0.2) is 109 Å². The van der Waals surface area contributed by atoms with Crippen molar-refractivity contribution in [2.24, 2.45) is 0 Å². The van der Waals surface area contributed by atoms with Crippen LogP contribution in [0.2, 0.25) is 0 Å². The number of anilines is 3. The summed E-state index contributed by atoms with van der Waals surface area (Å²) in [7, 11) is 0. The minimum Gasteiger partial charge on any atom is -0.277 e. The van der Waals surface area contributed by atoms with Crippen molar-refractivity contribution < 1.29 is 0 Å². The first-order valence-corrected chi connectivity index (χ1v) is 13.2. The summed E-state index contributed by atoms with van der Waals surface area (Å²) in [6.07, 6.45) is 0. The predicted octanol–water partition coefficient (Wildman–Crippen LogP) is 8.53. The average Bonchev–Trinajstić information content (AvgIpc) is 3.35. The normalized spacial score (nSPS) is 13.8. The second kappa shape index (κ2) is 8.36. The molecule has 4 aromatic carbocycles. The first-order chi connectivity index (χ1) is 18.1. The van der Waals surface area contributed by atoms with E-state index < -0.39 is 0 Å². The summed E-state index contributed by atoms with van der Waals surface area (Å²) in [6, 6.07) is 37.5. The van der Waals surface area contributed by atoms with Crippen LogP contribution in [0.25, 0.3) is 32.9 Å². The minimum atomic E-state index is -0.149. The Morgan fingerprint density at radius 3 is 1.86 bits per heavy atom. The van der Waals surface area contributed by atoms with Crippen molar-refractivity contribution in [2.75, 3.05) is 4.90 Å². The number of benzene rings is 4. The van der Waals surface area contributed by atoms with Crippen molar-refractivity contribution in [3.05, 3.63) is 120 Å². The van der Waals surface area contributed by atoms with Gasteiger partial charge in [0.1, 0.15) is 0 Å². The molecule has 0 bridgehead atoms. The van der Waals surface area contributed by atoms with Gasteiger partial charge in [-0.05, 0) is 17.7 Å².